The van der Waals surface area contributed by atoms with Crippen molar-refractivity contribution in [3.05, 3.63) is 47.5 Å². The summed E-state index contributed by atoms with van der Waals surface area (Å²) in [4.78, 5) is 35.4. The number of para-hydroxylation sites is 1. The van der Waals surface area contributed by atoms with Crippen LogP contribution in [0.25, 0.3) is 33.5 Å². The van der Waals surface area contributed by atoms with E-state index >= 15 is 0 Å². The van der Waals surface area contributed by atoms with Crippen molar-refractivity contribution in [1.82, 2.24) is 23.9 Å². The predicted octanol–water partition coefficient (Wildman–Crippen LogP) is 5.19. The number of benzene rings is 2. The first-order chi connectivity index (χ1) is 22.8. The van der Waals surface area contributed by atoms with E-state index in [1.165, 1.54) is 29.3 Å². The Bertz CT molecular complexity index is 1920. The van der Waals surface area contributed by atoms with Gasteiger partial charge >= 0.3 is 0 Å². The van der Waals surface area contributed by atoms with Gasteiger partial charge in [-0.25, -0.2) is 4.98 Å². The maximum atomic E-state index is 13.9. The molecule has 9 rings (SSSR count). The maximum absolute atomic E-state index is 13.9. The number of hydrogen-bond acceptors (Lipinski definition) is 6. The van der Waals surface area contributed by atoms with Crippen molar-refractivity contribution in [3.8, 4) is 23.3 Å². The first kappa shape index (κ1) is 30.0. The number of fused-ring (bicyclic) bond motifs is 5. The Morgan fingerprint density at radius 3 is 2.55 bits per heavy atom. The number of nitrogens with zero attached hydrogens (tertiary/aromatic N) is 6. The SMILES string of the molecule is COc1cc(C(=O)N2C[C@H]3CC[C@@H]2C[C@@H]3N)cc2nc(-c3cc4cccc(C5CCN(C(=O)CC#N)CC5)c4n3CC3CC3)n(C)c12. The van der Waals surface area contributed by atoms with E-state index in [2.05, 4.69) is 33.4 Å². The average Bonchev–Trinajstić information content (AvgIpc) is 3.76. The number of methoxy groups -OCH3 is 1. The summed E-state index contributed by atoms with van der Waals surface area (Å²) in [7, 11) is 3.70. The fourth-order valence-electron chi connectivity index (χ4n) is 8.63. The molecule has 0 radical (unpaired) electrons. The lowest BCUT2D eigenvalue weighted by Gasteiger charge is -2.48. The number of imidazole rings is 1. The average molecular weight is 634 g/mol. The zero-order valence-corrected chi connectivity index (χ0v) is 27.3. The van der Waals surface area contributed by atoms with Crippen LogP contribution < -0.4 is 10.5 Å². The first-order valence-electron chi connectivity index (χ1n) is 17.2. The van der Waals surface area contributed by atoms with Crippen molar-refractivity contribution < 1.29 is 14.3 Å². The number of nitriles is 1. The molecule has 0 unspecified atom stereocenters. The van der Waals surface area contributed by atoms with Gasteiger partial charge in [0.25, 0.3) is 5.91 Å². The van der Waals surface area contributed by atoms with Crippen molar-refractivity contribution in [2.45, 2.75) is 75.9 Å². The van der Waals surface area contributed by atoms with E-state index in [4.69, 9.17) is 20.7 Å². The predicted molar refractivity (Wildman–Crippen MR) is 180 cm³/mol. The number of hydrogen-bond donors (Lipinski definition) is 1. The Labute approximate surface area is 275 Å². The highest BCUT2D eigenvalue weighted by atomic mass is 16.5. The van der Waals surface area contributed by atoms with E-state index in [1.54, 1.807) is 7.11 Å². The lowest BCUT2D eigenvalue weighted by Crippen LogP contribution is -2.58. The van der Waals surface area contributed by atoms with Gasteiger partial charge in [-0.15, -0.1) is 0 Å². The van der Waals surface area contributed by atoms with E-state index in [0.717, 1.165) is 67.7 Å². The number of rotatable bonds is 7. The normalized spacial score (nSPS) is 23.1. The summed E-state index contributed by atoms with van der Waals surface area (Å²) in [5.74, 6) is 2.81. The number of aryl methyl sites for hydroxylation is 1. The third-order valence-electron chi connectivity index (χ3n) is 11.4. The largest absolute Gasteiger partial charge is 0.494 e. The number of carbonyl (C=O) groups excluding carboxylic acids is 2. The zero-order chi connectivity index (χ0) is 32.4. The molecule has 244 valence electrons. The van der Waals surface area contributed by atoms with Crippen LogP contribution in [0.4, 0.5) is 0 Å². The zero-order valence-electron chi connectivity index (χ0n) is 27.3. The van der Waals surface area contributed by atoms with Crippen LogP contribution in [0.1, 0.15) is 73.2 Å². The Morgan fingerprint density at radius 1 is 1.06 bits per heavy atom. The van der Waals surface area contributed by atoms with Gasteiger partial charge in [0.15, 0.2) is 5.82 Å². The van der Waals surface area contributed by atoms with Crippen molar-refractivity contribution >= 4 is 33.8 Å². The minimum Gasteiger partial charge on any atom is -0.494 e. The summed E-state index contributed by atoms with van der Waals surface area (Å²) >= 11 is 0. The summed E-state index contributed by atoms with van der Waals surface area (Å²) in [5, 5.41) is 10.2. The smallest absolute Gasteiger partial charge is 0.254 e. The third kappa shape index (κ3) is 5.16. The van der Waals surface area contributed by atoms with Crippen LogP contribution in [0, 0.1) is 23.2 Å². The summed E-state index contributed by atoms with van der Waals surface area (Å²) in [6.45, 7) is 3.00. The van der Waals surface area contributed by atoms with Gasteiger partial charge in [-0.05, 0) is 86.5 Å². The van der Waals surface area contributed by atoms with Crippen LogP contribution in [0.3, 0.4) is 0 Å². The number of amides is 2. The molecule has 0 spiro atoms. The second-order valence-corrected chi connectivity index (χ2v) is 14.2. The molecular weight excluding hydrogens is 590 g/mol. The Morgan fingerprint density at radius 2 is 1.87 bits per heavy atom. The number of aromatic nitrogens is 3. The molecule has 2 aromatic carbocycles. The number of likely N-dealkylation sites (tertiary alicyclic amines) is 1. The fraction of sp³-hybridized carbons (Fsp3) is 0.514. The molecule has 2 aliphatic carbocycles. The van der Waals surface area contributed by atoms with Gasteiger partial charge in [0, 0.05) is 56.3 Å². The van der Waals surface area contributed by atoms with E-state index < -0.39 is 0 Å². The molecular formula is C37H43N7O3. The molecule has 5 aliphatic rings. The van der Waals surface area contributed by atoms with Gasteiger partial charge in [-0.3, -0.25) is 9.59 Å². The van der Waals surface area contributed by atoms with Gasteiger partial charge in [-0.1, -0.05) is 18.2 Å². The summed E-state index contributed by atoms with van der Waals surface area (Å²) in [5.41, 5.74) is 12.3. The number of carbonyl (C=O) groups is 2. The molecule has 3 atom stereocenters. The molecule has 47 heavy (non-hydrogen) atoms. The molecule has 10 nitrogen and oxygen atoms in total. The second kappa shape index (κ2) is 11.7. The van der Waals surface area contributed by atoms with Crippen LogP contribution in [0.2, 0.25) is 0 Å². The van der Waals surface area contributed by atoms with Crippen LogP contribution >= 0.6 is 0 Å². The lowest BCUT2D eigenvalue weighted by atomic mass is 9.76. The molecule has 2 amide bonds. The van der Waals surface area contributed by atoms with Crippen LogP contribution in [0.5, 0.6) is 5.75 Å². The standard InChI is InChI=1S/C37H43N7O3/c1-41-35-30(16-26(18-32(35)47-2)37(46)43-21-25-8-9-27(43)19-29(25)39)40-36(41)31-17-24-4-3-5-28(34(24)44(31)20-22-6-7-22)23-11-14-42(15-12-23)33(45)10-13-38/h3-5,16-18,22-23,25,27,29H,6-12,14-15,19-21,39H2,1-2H3/t25-,27-,29+/m1/s1. The minimum absolute atomic E-state index is 0.0341. The molecule has 2 aromatic heterocycles. The van der Waals surface area contributed by atoms with Crippen LogP contribution in [-0.4, -0.2) is 74.6 Å². The topological polar surface area (TPSA) is 122 Å². The Hall–Kier alpha value is -4.36. The molecule has 2 bridgehead atoms. The number of nitrogens with two attached hydrogens (primary N) is 1. The Kier molecular flexibility index (Phi) is 7.47. The van der Waals surface area contributed by atoms with Crippen LogP contribution in [0.15, 0.2) is 36.4 Å². The van der Waals surface area contributed by atoms with Gasteiger partial charge in [-0.2, -0.15) is 5.26 Å². The van der Waals surface area contributed by atoms with Crippen molar-refractivity contribution in [1.29, 1.82) is 5.26 Å². The van der Waals surface area contributed by atoms with E-state index in [9.17, 15) is 9.59 Å². The molecule has 3 aliphatic heterocycles. The van der Waals surface area contributed by atoms with Gasteiger partial charge in [0.05, 0.1) is 29.9 Å². The highest BCUT2D eigenvalue weighted by molar-refractivity contribution is 6.00. The molecule has 4 aromatic rings. The molecule has 10 heteroatoms. The van der Waals surface area contributed by atoms with Gasteiger partial charge in [0.2, 0.25) is 5.91 Å². The van der Waals surface area contributed by atoms with Gasteiger partial charge < -0.3 is 29.4 Å². The Balaban J connectivity index is 1.18. The highest BCUT2D eigenvalue weighted by Gasteiger charge is 2.41. The molecule has 5 fully saturated rings. The second-order valence-electron chi connectivity index (χ2n) is 14.2. The van der Waals surface area contributed by atoms with Gasteiger partial charge in [0.1, 0.15) is 17.7 Å². The number of ether oxygens (including phenoxy) is 1. The van der Waals surface area contributed by atoms with Crippen LogP contribution in [-0.2, 0) is 18.4 Å². The monoisotopic (exact) mass is 633 g/mol. The summed E-state index contributed by atoms with van der Waals surface area (Å²) < 4.78 is 10.5. The lowest BCUT2D eigenvalue weighted by molar-refractivity contribution is -0.131. The highest BCUT2D eigenvalue weighted by Crippen LogP contribution is 2.42. The summed E-state index contributed by atoms with van der Waals surface area (Å²) in [6, 6.07) is 15.0. The maximum Gasteiger partial charge on any atom is 0.254 e. The molecule has 5 heterocycles. The fourth-order valence-corrected chi connectivity index (χ4v) is 8.63. The van der Waals surface area contributed by atoms with Crippen molar-refractivity contribution in [2.24, 2.45) is 24.6 Å². The van der Waals surface area contributed by atoms with Crippen molar-refractivity contribution in [3.63, 3.8) is 0 Å². The minimum atomic E-state index is -0.0713. The van der Waals surface area contributed by atoms with E-state index in [1.807, 2.05) is 35.0 Å². The quantitative estimate of drug-likeness (QED) is 0.299. The molecule has 3 saturated heterocycles. The van der Waals surface area contributed by atoms with Crippen molar-refractivity contribution in [2.75, 3.05) is 26.7 Å². The third-order valence-corrected chi connectivity index (χ3v) is 11.4. The summed E-state index contributed by atoms with van der Waals surface area (Å²) in [6.07, 6.45) is 7.14. The molecule has 2 saturated carbocycles. The van der Waals surface area contributed by atoms with E-state index in [0.29, 0.717) is 42.2 Å². The number of piperidine rings is 3. The first-order valence-corrected chi connectivity index (χ1v) is 17.2. The molecule has 2 N–H and O–H groups in total. The van der Waals surface area contributed by atoms with E-state index in [-0.39, 0.29) is 30.3 Å².